The number of hydrogen-bond donors (Lipinski definition) is 1. The van der Waals surface area contributed by atoms with Crippen molar-refractivity contribution in [1.82, 2.24) is 9.97 Å². The summed E-state index contributed by atoms with van der Waals surface area (Å²) < 4.78 is 5.74. The second-order valence-corrected chi connectivity index (χ2v) is 6.05. The van der Waals surface area contributed by atoms with Crippen molar-refractivity contribution in [3.05, 3.63) is 11.9 Å². The minimum absolute atomic E-state index is 0.522. The van der Waals surface area contributed by atoms with Gasteiger partial charge in [0.1, 0.15) is 11.6 Å². The van der Waals surface area contributed by atoms with Crippen LogP contribution in [0.15, 0.2) is 6.07 Å². The van der Waals surface area contributed by atoms with Crippen molar-refractivity contribution in [1.29, 1.82) is 0 Å². The highest BCUT2D eigenvalue weighted by Crippen LogP contribution is 2.33. The lowest BCUT2D eigenvalue weighted by atomic mass is 9.89. The molecule has 0 radical (unpaired) electrons. The van der Waals surface area contributed by atoms with Gasteiger partial charge in [0, 0.05) is 18.0 Å². The first-order valence-corrected chi connectivity index (χ1v) is 8.13. The predicted molar refractivity (Wildman–Crippen MR) is 80.3 cm³/mol. The topological polar surface area (TPSA) is 47.0 Å². The number of anilines is 1. The maximum Gasteiger partial charge on any atom is 0.218 e. The third kappa shape index (κ3) is 3.62. The first-order valence-electron chi connectivity index (χ1n) is 8.13. The van der Waals surface area contributed by atoms with Gasteiger partial charge in [0.25, 0.3) is 0 Å². The highest BCUT2D eigenvalue weighted by molar-refractivity contribution is 5.41. The second-order valence-electron chi connectivity index (χ2n) is 6.05. The van der Waals surface area contributed by atoms with E-state index >= 15 is 0 Å². The zero-order chi connectivity index (χ0) is 13.8. The van der Waals surface area contributed by atoms with Crippen molar-refractivity contribution in [2.45, 2.75) is 70.3 Å². The number of hydrogen-bond acceptors (Lipinski definition) is 4. The van der Waals surface area contributed by atoms with Gasteiger partial charge in [0.15, 0.2) is 0 Å². The minimum Gasteiger partial charge on any atom is -0.478 e. The van der Waals surface area contributed by atoms with Crippen LogP contribution >= 0.6 is 0 Å². The second kappa shape index (κ2) is 6.42. The quantitative estimate of drug-likeness (QED) is 0.855. The van der Waals surface area contributed by atoms with Crippen LogP contribution < -0.4 is 10.1 Å². The Morgan fingerprint density at radius 3 is 2.65 bits per heavy atom. The Hall–Kier alpha value is -1.32. The Balaban J connectivity index is 1.78. The Morgan fingerprint density at radius 1 is 1.15 bits per heavy atom. The van der Waals surface area contributed by atoms with Crippen LogP contribution in [-0.4, -0.2) is 22.6 Å². The van der Waals surface area contributed by atoms with Gasteiger partial charge in [-0.05, 0) is 32.1 Å². The maximum atomic E-state index is 5.74. The van der Waals surface area contributed by atoms with Crippen molar-refractivity contribution in [3.63, 3.8) is 0 Å². The fourth-order valence-electron chi connectivity index (χ4n) is 2.78. The molecule has 20 heavy (non-hydrogen) atoms. The largest absolute Gasteiger partial charge is 0.478 e. The highest BCUT2D eigenvalue weighted by Gasteiger charge is 2.24. The van der Waals surface area contributed by atoms with E-state index in [9.17, 15) is 0 Å². The molecule has 2 aliphatic rings. The molecular weight excluding hydrogens is 250 g/mol. The van der Waals surface area contributed by atoms with Gasteiger partial charge >= 0.3 is 0 Å². The van der Waals surface area contributed by atoms with Gasteiger partial charge in [-0.3, -0.25) is 0 Å². The zero-order valence-electron chi connectivity index (χ0n) is 12.4. The van der Waals surface area contributed by atoms with E-state index in [1.807, 2.05) is 6.07 Å². The molecule has 1 aromatic rings. The molecule has 2 fully saturated rings. The van der Waals surface area contributed by atoms with Crippen molar-refractivity contribution < 1.29 is 4.74 Å². The van der Waals surface area contributed by atoms with Crippen molar-refractivity contribution in [3.8, 4) is 5.88 Å². The lowest BCUT2D eigenvalue weighted by molar-refractivity contribution is 0.301. The van der Waals surface area contributed by atoms with Gasteiger partial charge in [-0.2, -0.15) is 4.98 Å². The molecule has 2 saturated carbocycles. The van der Waals surface area contributed by atoms with Gasteiger partial charge in [-0.1, -0.05) is 26.2 Å². The molecule has 0 aliphatic heterocycles. The monoisotopic (exact) mass is 275 g/mol. The van der Waals surface area contributed by atoms with E-state index in [0.717, 1.165) is 30.5 Å². The van der Waals surface area contributed by atoms with Crippen LogP contribution in [0.25, 0.3) is 0 Å². The minimum atomic E-state index is 0.522. The van der Waals surface area contributed by atoms with E-state index < -0.39 is 0 Å². The summed E-state index contributed by atoms with van der Waals surface area (Å²) in [6.07, 6.45) is 9.94. The number of aromatic nitrogens is 2. The van der Waals surface area contributed by atoms with Crippen molar-refractivity contribution in [2.75, 3.05) is 11.9 Å². The van der Waals surface area contributed by atoms with Gasteiger partial charge < -0.3 is 10.1 Å². The SMILES string of the molecule is CCCOc1cc(NC2CC2)nc(C2CCCCC2)n1. The highest BCUT2D eigenvalue weighted by atomic mass is 16.5. The maximum absolute atomic E-state index is 5.74. The van der Waals surface area contributed by atoms with Crippen molar-refractivity contribution in [2.24, 2.45) is 0 Å². The molecule has 1 aromatic heterocycles. The normalized spacial score (nSPS) is 19.9. The zero-order valence-corrected chi connectivity index (χ0v) is 12.4. The van der Waals surface area contributed by atoms with Gasteiger partial charge in [0.2, 0.25) is 5.88 Å². The van der Waals surface area contributed by atoms with E-state index in [-0.39, 0.29) is 0 Å². The number of rotatable bonds is 6. The van der Waals surface area contributed by atoms with E-state index in [1.165, 1.54) is 44.9 Å². The molecule has 1 N–H and O–H groups in total. The van der Waals surface area contributed by atoms with E-state index in [0.29, 0.717) is 12.0 Å². The number of ether oxygens (including phenoxy) is 1. The van der Waals surface area contributed by atoms with Crippen LogP contribution in [0.3, 0.4) is 0 Å². The molecule has 4 heteroatoms. The summed E-state index contributed by atoms with van der Waals surface area (Å²) in [4.78, 5) is 9.39. The average Bonchev–Trinajstić information content (AvgIpc) is 3.30. The van der Waals surface area contributed by atoms with Crippen LogP contribution in [-0.2, 0) is 0 Å². The van der Waals surface area contributed by atoms with Crippen LogP contribution in [0, 0.1) is 0 Å². The van der Waals surface area contributed by atoms with E-state index in [1.54, 1.807) is 0 Å². The van der Waals surface area contributed by atoms with Crippen LogP contribution in [0.1, 0.15) is 70.0 Å². The molecule has 0 aromatic carbocycles. The average molecular weight is 275 g/mol. The molecule has 0 spiro atoms. The van der Waals surface area contributed by atoms with Crippen LogP contribution in [0.5, 0.6) is 5.88 Å². The molecule has 0 saturated heterocycles. The molecule has 0 atom stereocenters. The van der Waals surface area contributed by atoms with Crippen LogP contribution in [0.4, 0.5) is 5.82 Å². The van der Waals surface area contributed by atoms with Gasteiger partial charge in [-0.25, -0.2) is 4.98 Å². The fourth-order valence-corrected chi connectivity index (χ4v) is 2.78. The summed E-state index contributed by atoms with van der Waals surface area (Å²) in [7, 11) is 0. The molecule has 0 bridgehead atoms. The Labute approximate surface area is 121 Å². The third-order valence-electron chi connectivity index (χ3n) is 4.07. The Morgan fingerprint density at radius 2 is 1.95 bits per heavy atom. The first-order chi connectivity index (χ1) is 9.85. The summed E-state index contributed by atoms with van der Waals surface area (Å²) in [6, 6.07) is 2.57. The molecule has 110 valence electrons. The lowest BCUT2D eigenvalue weighted by Gasteiger charge is -2.21. The fraction of sp³-hybridized carbons (Fsp3) is 0.750. The molecular formula is C16H25N3O. The van der Waals surface area contributed by atoms with Crippen molar-refractivity contribution >= 4 is 5.82 Å². The molecule has 0 amide bonds. The molecule has 3 rings (SSSR count). The summed E-state index contributed by atoms with van der Waals surface area (Å²) in [5.74, 6) is 3.20. The van der Waals surface area contributed by atoms with Crippen LogP contribution in [0.2, 0.25) is 0 Å². The van der Waals surface area contributed by atoms with E-state index in [4.69, 9.17) is 9.72 Å². The number of nitrogens with zero attached hydrogens (tertiary/aromatic N) is 2. The molecule has 4 nitrogen and oxygen atoms in total. The Kier molecular flexibility index (Phi) is 4.38. The van der Waals surface area contributed by atoms with Gasteiger partial charge in [-0.15, -0.1) is 0 Å². The smallest absolute Gasteiger partial charge is 0.218 e. The summed E-state index contributed by atoms with van der Waals surface area (Å²) in [6.45, 7) is 2.84. The standard InChI is InChI=1S/C16H25N3O/c1-2-10-20-15-11-14(17-13-8-9-13)18-16(19-15)12-6-4-3-5-7-12/h11-13H,2-10H2,1H3,(H,17,18,19). The summed E-state index contributed by atoms with van der Waals surface area (Å²) in [5.41, 5.74) is 0. The summed E-state index contributed by atoms with van der Waals surface area (Å²) >= 11 is 0. The molecule has 1 heterocycles. The number of nitrogens with one attached hydrogen (secondary N) is 1. The van der Waals surface area contributed by atoms with E-state index in [2.05, 4.69) is 17.2 Å². The molecule has 0 unspecified atom stereocenters. The first kappa shape index (κ1) is 13.7. The predicted octanol–water partition coefficient (Wildman–Crippen LogP) is 3.89. The lowest BCUT2D eigenvalue weighted by Crippen LogP contribution is -2.13. The third-order valence-corrected chi connectivity index (χ3v) is 4.07. The molecule has 2 aliphatic carbocycles. The Bertz CT molecular complexity index is 439. The van der Waals surface area contributed by atoms with Gasteiger partial charge in [0.05, 0.1) is 6.61 Å². The summed E-state index contributed by atoms with van der Waals surface area (Å²) in [5, 5.41) is 3.48.